The van der Waals surface area contributed by atoms with E-state index in [1.54, 1.807) is 0 Å². The minimum absolute atomic E-state index is 0.0294. The van der Waals surface area contributed by atoms with Gasteiger partial charge < -0.3 is 0 Å². The molecule has 1 aromatic heterocycles. The van der Waals surface area contributed by atoms with Gasteiger partial charge in [-0.25, -0.2) is 21.8 Å². The van der Waals surface area contributed by atoms with Crippen LogP contribution in [0.2, 0.25) is 15.1 Å². The third-order valence-electron chi connectivity index (χ3n) is 5.06. The average molecular weight is 654 g/mol. The highest BCUT2D eigenvalue weighted by molar-refractivity contribution is 8.10. The van der Waals surface area contributed by atoms with Crippen LogP contribution in [0.3, 0.4) is 0 Å². The number of benzene rings is 3. The highest BCUT2D eigenvalue weighted by Crippen LogP contribution is 2.42. The van der Waals surface area contributed by atoms with E-state index in [0.717, 1.165) is 24.3 Å². The van der Waals surface area contributed by atoms with Crippen molar-refractivity contribution in [2.45, 2.75) is 25.9 Å². The molecule has 0 aliphatic rings. The number of hydrogen-bond donors (Lipinski definition) is 0. The van der Waals surface area contributed by atoms with Crippen LogP contribution in [0.1, 0.15) is 5.56 Å². The summed E-state index contributed by atoms with van der Waals surface area (Å²) in [5.74, 6) is 0. The first kappa shape index (κ1) is 29.5. The van der Waals surface area contributed by atoms with E-state index in [0.29, 0.717) is 24.0 Å². The van der Waals surface area contributed by atoms with Crippen molar-refractivity contribution in [1.29, 1.82) is 0 Å². The van der Waals surface area contributed by atoms with E-state index >= 15 is 0 Å². The van der Waals surface area contributed by atoms with E-state index < -0.39 is 31.8 Å². The maximum absolute atomic E-state index is 13.9. The number of aromatic nitrogens is 1. The lowest BCUT2D eigenvalue weighted by molar-refractivity contribution is -0.137. The third kappa shape index (κ3) is 6.31. The average Bonchev–Trinajstić information content (AvgIpc) is 2.86. The van der Waals surface area contributed by atoms with Crippen LogP contribution in [-0.2, 0) is 26.2 Å². The number of para-hydroxylation sites is 1. The molecule has 0 saturated heterocycles. The number of anilines is 1. The lowest BCUT2D eigenvalue weighted by Crippen LogP contribution is -2.37. The van der Waals surface area contributed by atoms with Crippen LogP contribution >= 0.6 is 46.6 Å². The molecule has 0 radical (unpaired) electrons. The molecule has 0 fully saturated rings. The molecule has 0 spiro atoms. The number of alkyl halides is 3. The SMILES string of the molecule is O=S(=O)(c1ccc(Cl)cc1)N(c1ccccc1Sc1ncc(C(F)(F)F)cc1Cl)S(=O)(=O)c1ccc(Cl)cc1. The molecule has 1 heterocycles. The number of nitrogens with zero attached hydrogens (tertiary/aromatic N) is 2. The Morgan fingerprint density at radius 2 is 1.23 bits per heavy atom. The molecule has 204 valence electrons. The van der Waals surface area contributed by atoms with E-state index in [9.17, 15) is 30.0 Å². The van der Waals surface area contributed by atoms with Crippen LogP contribution in [0.25, 0.3) is 0 Å². The Hall–Kier alpha value is -2.48. The Morgan fingerprint density at radius 1 is 0.744 bits per heavy atom. The summed E-state index contributed by atoms with van der Waals surface area (Å²) in [5, 5.41) is -0.0257. The molecule has 0 unspecified atom stereocenters. The summed E-state index contributed by atoms with van der Waals surface area (Å²) in [4.78, 5) is 3.03. The summed E-state index contributed by atoms with van der Waals surface area (Å²) in [6.07, 6.45) is -4.11. The molecule has 39 heavy (non-hydrogen) atoms. The smallest absolute Gasteiger partial charge is 0.247 e. The van der Waals surface area contributed by atoms with Gasteiger partial charge in [0.1, 0.15) is 5.03 Å². The molecule has 0 N–H and O–H groups in total. The van der Waals surface area contributed by atoms with Gasteiger partial charge in [-0.15, -0.1) is 0 Å². The van der Waals surface area contributed by atoms with E-state index in [-0.39, 0.29) is 44.2 Å². The van der Waals surface area contributed by atoms with Crippen molar-refractivity contribution < 1.29 is 30.0 Å². The maximum Gasteiger partial charge on any atom is 0.417 e. The second-order valence-electron chi connectivity index (χ2n) is 7.69. The predicted octanol–water partition coefficient (Wildman–Crippen LogP) is 7.80. The van der Waals surface area contributed by atoms with Gasteiger partial charge in [0.25, 0.3) is 20.0 Å². The van der Waals surface area contributed by atoms with E-state index in [1.165, 1.54) is 48.5 Å². The largest absolute Gasteiger partial charge is 0.417 e. The van der Waals surface area contributed by atoms with Crippen LogP contribution in [0, 0.1) is 0 Å². The van der Waals surface area contributed by atoms with Gasteiger partial charge in [0.05, 0.1) is 26.1 Å². The Labute approximate surface area is 241 Å². The van der Waals surface area contributed by atoms with Crippen LogP contribution in [-0.4, -0.2) is 21.8 Å². The normalized spacial score (nSPS) is 12.4. The van der Waals surface area contributed by atoms with Gasteiger partial charge >= 0.3 is 6.18 Å². The van der Waals surface area contributed by atoms with Crippen molar-refractivity contribution in [1.82, 2.24) is 4.98 Å². The quantitative estimate of drug-likeness (QED) is 0.202. The van der Waals surface area contributed by atoms with Crippen LogP contribution in [0.15, 0.2) is 105 Å². The van der Waals surface area contributed by atoms with Crippen molar-refractivity contribution in [3.63, 3.8) is 0 Å². The third-order valence-corrected chi connectivity index (χ3v) is 11.2. The molecule has 4 rings (SSSR count). The van der Waals surface area contributed by atoms with E-state index in [2.05, 4.69) is 4.98 Å². The first-order chi connectivity index (χ1) is 18.2. The van der Waals surface area contributed by atoms with Crippen molar-refractivity contribution in [3.05, 3.63) is 106 Å². The maximum atomic E-state index is 13.9. The van der Waals surface area contributed by atoms with Gasteiger partial charge in [-0.1, -0.05) is 58.7 Å². The molecule has 0 amide bonds. The number of hydrogen-bond acceptors (Lipinski definition) is 6. The minimum Gasteiger partial charge on any atom is -0.247 e. The fourth-order valence-corrected chi connectivity index (χ4v) is 8.51. The van der Waals surface area contributed by atoms with Crippen molar-refractivity contribution in [2.75, 3.05) is 3.71 Å². The van der Waals surface area contributed by atoms with Gasteiger partial charge in [-0.3, -0.25) is 0 Å². The predicted molar refractivity (Wildman–Crippen MR) is 145 cm³/mol. The van der Waals surface area contributed by atoms with Crippen LogP contribution < -0.4 is 3.71 Å². The van der Waals surface area contributed by atoms with Crippen LogP contribution in [0.4, 0.5) is 18.9 Å². The summed E-state index contributed by atoms with van der Waals surface area (Å²) in [6, 6.07) is 15.9. The number of pyridine rings is 1. The zero-order valence-corrected chi connectivity index (χ0v) is 23.8. The fourth-order valence-electron chi connectivity index (χ4n) is 3.25. The Morgan fingerprint density at radius 3 is 1.69 bits per heavy atom. The molecular formula is C24H14Cl3F3N2O4S3. The second kappa shape index (κ2) is 11.2. The first-order valence-electron chi connectivity index (χ1n) is 10.5. The lowest BCUT2D eigenvalue weighted by Gasteiger charge is -2.26. The summed E-state index contributed by atoms with van der Waals surface area (Å²) in [7, 11) is -9.60. The fraction of sp³-hybridized carbons (Fsp3) is 0.0417. The van der Waals surface area contributed by atoms with Gasteiger partial charge in [-0.05, 0) is 66.7 Å². The molecule has 15 heteroatoms. The van der Waals surface area contributed by atoms with Crippen LogP contribution in [0.5, 0.6) is 0 Å². The summed E-state index contributed by atoms with van der Waals surface area (Å²) < 4.78 is 94.9. The Bertz CT molecular complexity index is 1660. The standard InChI is InChI=1S/C24H14Cl3F3N2O4S3/c25-16-5-9-18(10-6-16)38(33,34)32(39(35,36)19-11-7-17(26)8-12-19)21-3-1-2-4-22(21)37-23-20(27)13-15(14-31-23)24(28,29)30/h1-14H. The molecule has 6 nitrogen and oxygen atoms in total. The van der Waals surface area contributed by atoms with Crippen molar-refractivity contribution in [3.8, 4) is 0 Å². The molecule has 3 aromatic carbocycles. The number of sulfonamides is 2. The molecule has 0 atom stereocenters. The monoisotopic (exact) mass is 652 g/mol. The zero-order valence-electron chi connectivity index (χ0n) is 19.1. The number of rotatable bonds is 7. The summed E-state index contributed by atoms with van der Waals surface area (Å²) >= 11 is 18.5. The minimum atomic E-state index is -4.80. The topological polar surface area (TPSA) is 84.4 Å². The molecule has 0 aliphatic heterocycles. The number of halogens is 6. The molecule has 4 aromatic rings. The Balaban J connectivity index is 1.91. The first-order valence-corrected chi connectivity index (χ1v) is 15.4. The van der Waals surface area contributed by atoms with E-state index in [4.69, 9.17) is 34.8 Å². The molecule has 0 saturated carbocycles. The second-order valence-corrected chi connectivity index (χ2v) is 13.8. The van der Waals surface area contributed by atoms with Gasteiger partial charge in [0.15, 0.2) is 0 Å². The molecule has 0 bridgehead atoms. The highest BCUT2D eigenvalue weighted by Gasteiger charge is 2.39. The lowest BCUT2D eigenvalue weighted by atomic mass is 10.3. The van der Waals surface area contributed by atoms with E-state index in [1.807, 2.05) is 0 Å². The summed E-state index contributed by atoms with van der Waals surface area (Å²) in [6.45, 7) is 0. The molecular weight excluding hydrogens is 640 g/mol. The van der Waals surface area contributed by atoms with Crippen molar-refractivity contribution >= 4 is 72.3 Å². The molecule has 0 aliphatic carbocycles. The highest BCUT2D eigenvalue weighted by atomic mass is 35.5. The van der Waals surface area contributed by atoms with Gasteiger partial charge in [-0.2, -0.15) is 16.9 Å². The zero-order chi connectivity index (χ0) is 28.6. The van der Waals surface area contributed by atoms with Gasteiger partial charge in [0, 0.05) is 21.1 Å². The Kier molecular flexibility index (Phi) is 8.46. The van der Waals surface area contributed by atoms with Gasteiger partial charge in [0.2, 0.25) is 0 Å². The van der Waals surface area contributed by atoms with Crippen molar-refractivity contribution in [2.24, 2.45) is 0 Å². The summed E-state index contributed by atoms with van der Waals surface area (Å²) in [5.41, 5.74) is -1.40.